The molecule has 1 atom stereocenters. The molecule has 0 aliphatic heterocycles. The molecule has 0 aromatic heterocycles. The van der Waals surface area contributed by atoms with Crippen LogP contribution in [0.1, 0.15) is 6.42 Å². The van der Waals surface area contributed by atoms with Crippen LogP contribution >= 0.6 is 0 Å². The van der Waals surface area contributed by atoms with Gasteiger partial charge >= 0.3 is 5.97 Å². The number of hydrogen-bond acceptors (Lipinski definition) is 6. The third-order valence-corrected chi connectivity index (χ3v) is 1.55. The Morgan fingerprint density at radius 1 is 1.36 bits per heavy atom. The number of likely N-dealkylation sites (N-methyl/N-ethyl adjacent to an activating group) is 1. The van der Waals surface area contributed by atoms with E-state index in [2.05, 4.69) is 16.1 Å². The van der Waals surface area contributed by atoms with Gasteiger partial charge in [-0.1, -0.05) is 0 Å². The first-order valence-electron chi connectivity index (χ1n) is 4.54. The van der Waals surface area contributed by atoms with E-state index >= 15 is 0 Å². The molecule has 0 saturated carbocycles. The molecule has 6 nitrogen and oxygen atoms in total. The maximum atomic E-state index is 10.9. The lowest BCUT2D eigenvalue weighted by molar-refractivity contribution is -0.144. The fourth-order valence-electron chi connectivity index (χ4n) is 0.880. The molecule has 0 spiro atoms. The number of ether oxygens (including phenoxy) is 1. The third kappa shape index (κ3) is 6.79. The zero-order valence-electron chi connectivity index (χ0n) is 8.92. The zero-order chi connectivity index (χ0) is 10.8. The van der Waals surface area contributed by atoms with E-state index in [0.717, 1.165) is 0 Å². The maximum absolute atomic E-state index is 10.9. The molecule has 84 valence electrons. The van der Waals surface area contributed by atoms with Crippen molar-refractivity contribution in [2.75, 3.05) is 34.3 Å². The number of esters is 1. The predicted molar refractivity (Wildman–Crippen MR) is 52.5 cm³/mol. The molecule has 0 fully saturated rings. The van der Waals surface area contributed by atoms with E-state index in [1.165, 1.54) is 0 Å². The number of rotatable bonds is 8. The summed E-state index contributed by atoms with van der Waals surface area (Å²) in [5.41, 5.74) is 2.57. The highest BCUT2D eigenvalue weighted by molar-refractivity contribution is 5.71. The molecule has 0 rings (SSSR count). The molecular weight excluding hydrogens is 186 g/mol. The van der Waals surface area contributed by atoms with Crippen molar-refractivity contribution < 1.29 is 14.4 Å². The second-order valence-electron chi connectivity index (χ2n) is 2.64. The molecule has 1 unspecified atom stereocenters. The largest absolute Gasteiger partial charge is 0.465 e. The summed E-state index contributed by atoms with van der Waals surface area (Å²) < 4.78 is 4.91. The summed E-state index contributed by atoms with van der Waals surface area (Å²) in [5.74, 6) is -0.258. The summed E-state index contributed by atoms with van der Waals surface area (Å²) in [6, 6.07) is 0. The van der Waals surface area contributed by atoms with Crippen molar-refractivity contribution in [3.05, 3.63) is 0 Å². The second-order valence-corrected chi connectivity index (χ2v) is 2.64. The van der Waals surface area contributed by atoms with Crippen molar-refractivity contribution in [2.45, 2.75) is 12.6 Å². The normalized spacial score (nSPS) is 12.5. The molecule has 0 saturated heterocycles. The van der Waals surface area contributed by atoms with Gasteiger partial charge in [-0.25, -0.2) is 5.48 Å². The first kappa shape index (κ1) is 13.3. The van der Waals surface area contributed by atoms with Gasteiger partial charge in [0.1, 0.15) is 6.23 Å². The summed E-state index contributed by atoms with van der Waals surface area (Å²) in [4.78, 5) is 16.0. The summed E-state index contributed by atoms with van der Waals surface area (Å²) in [6.45, 7) is 0.574. The predicted octanol–water partition coefficient (Wildman–Crippen LogP) is -1.16. The Morgan fingerprint density at radius 3 is 2.57 bits per heavy atom. The highest BCUT2D eigenvalue weighted by Crippen LogP contribution is 1.92. The second kappa shape index (κ2) is 8.89. The Balaban J connectivity index is 3.45. The Bertz CT molecular complexity index is 155. The molecule has 0 heterocycles. The van der Waals surface area contributed by atoms with Crippen LogP contribution in [-0.2, 0) is 14.4 Å². The quantitative estimate of drug-likeness (QED) is 0.264. The molecule has 6 heteroatoms. The van der Waals surface area contributed by atoms with Crippen LogP contribution in [0.15, 0.2) is 0 Å². The van der Waals surface area contributed by atoms with Gasteiger partial charge in [0.2, 0.25) is 0 Å². The monoisotopic (exact) mass is 205 g/mol. The minimum atomic E-state index is -0.258. The van der Waals surface area contributed by atoms with Gasteiger partial charge in [0.15, 0.2) is 0 Å². The Labute approximate surface area is 84.3 Å². The van der Waals surface area contributed by atoms with E-state index in [1.807, 2.05) is 0 Å². The smallest absolute Gasteiger partial charge is 0.319 e. The van der Waals surface area contributed by atoms with E-state index in [4.69, 9.17) is 9.57 Å². The lowest BCUT2D eigenvalue weighted by Gasteiger charge is -2.15. The minimum Gasteiger partial charge on any atom is -0.465 e. The van der Waals surface area contributed by atoms with Crippen molar-refractivity contribution in [2.24, 2.45) is 0 Å². The molecule has 0 radical (unpaired) electrons. The molecule has 0 aliphatic carbocycles. The van der Waals surface area contributed by atoms with Gasteiger partial charge in [-0.2, -0.15) is 0 Å². The average molecular weight is 205 g/mol. The van der Waals surface area contributed by atoms with Crippen LogP contribution in [0.5, 0.6) is 0 Å². The molecule has 3 N–H and O–H groups in total. The van der Waals surface area contributed by atoms with Crippen LogP contribution < -0.4 is 16.1 Å². The van der Waals surface area contributed by atoms with Gasteiger partial charge in [-0.3, -0.25) is 14.9 Å². The average Bonchev–Trinajstić information content (AvgIpc) is 2.17. The van der Waals surface area contributed by atoms with E-state index in [1.54, 1.807) is 21.1 Å². The number of hydroxylamine groups is 1. The number of hydrogen-bond donors (Lipinski definition) is 3. The topological polar surface area (TPSA) is 71.6 Å². The van der Waals surface area contributed by atoms with Gasteiger partial charge in [0.25, 0.3) is 0 Å². The summed E-state index contributed by atoms with van der Waals surface area (Å²) in [5, 5.41) is 5.63. The zero-order valence-corrected chi connectivity index (χ0v) is 8.92. The van der Waals surface area contributed by atoms with Crippen molar-refractivity contribution in [1.29, 1.82) is 0 Å². The SMILES string of the molecule is CNCC(=O)OCCC(NC)ONC. The lowest BCUT2D eigenvalue weighted by Crippen LogP contribution is -2.34. The van der Waals surface area contributed by atoms with E-state index in [-0.39, 0.29) is 18.7 Å². The minimum absolute atomic E-state index is 0.151. The van der Waals surface area contributed by atoms with Gasteiger partial charge < -0.3 is 10.1 Å². The van der Waals surface area contributed by atoms with Crippen LogP contribution in [0.2, 0.25) is 0 Å². The van der Waals surface area contributed by atoms with Crippen molar-refractivity contribution >= 4 is 5.97 Å². The molecule has 0 amide bonds. The molecule has 0 bridgehead atoms. The van der Waals surface area contributed by atoms with Crippen LogP contribution in [0.25, 0.3) is 0 Å². The number of nitrogens with one attached hydrogen (secondary N) is 3. The molecular formula is C8H19N3O3. The van der Waals surface area contributed by atoms with Gasteiger partial charge in [-0.15, -0.1) is 0 Å². The van der Waals surface area contributed by atoms with Crippen LogP contribution in [-0.4, -0.2) is 46.5 Å². The Kier molecular flexibility index (Phi) is 8.45. The summed E-state index contributed by atoms with van der Waals surface area (Å²) >= 11 is 0. The maximum Gasteiger partial charge on any atom is 0.319 e. The summed E-state index contributed by atoms with van der Waals surface area (Å²) in [6.07, 6.45) is 0.453. The molecule has 0 aromatic rings. The van der Waals surface area contributed by atoms with Crippen LogP contribution in [0.3, 0.4) is 0 Å². The van der Waals surface area contributed by atoms with Crippen LogP contribution in [0.4, 0.5) is 0 Å². The first-order chi connectivity index (χ1) is 6.74. The number of carbonyl (C=O) groups is 1. The van der Waals surface area contributed by atoms with Crippen LogP contribution in [0, 0.1) is 0 Å². The first-order valence-corrected chi connectivity index (χ1v) is 4.54. The highest BCUT2D eigenvalue weighted by atomic mass is 16.7. The number of carbonyl (C=O) groups excluding carboxylic acids is 1. The fraction of sp³-hybridized carbons (Fsp3) is 0.875. The Morgan fingerprint density at radius 2 is 2.07 bits per heavy atom. The molecule has 0 aromatic carbocycles. The summed E-state index contributed by atoms with van der Waals surface area (Å²) in [7, 11) is 5.15. The highest BCUT2D eigenvalue weighted by Gasteiger charge is 2.07. The van der Waals surface area contributed by atoms with E-state index < -0.39 is 0 Å². The fourth-order valence-corrected chi connectivity index (χ4v) is 0.880. The van der Waals surface area contributed by atoms with Crippen molar-refractivity contribution in [1.82, 2.24) is 16.1 Å². The lowest BCUT2D eigenvalue weighted by atomic mass is 10.4. The van der Waals surface area contributed by atoms with Crippen molar-refractivity contribution in [3.8, 4) is 0 Å². The standard InChI is InChI=1S/C8H19N3O3/c1-9-6-8(12)13-5-4-7(10-2)14-11-3/h7,9-11H,4-6H2,1-3H3. The van der Waals surface area contributed by atoms with Gasteiger partial charge in [-0.05, 0) is 14.1 Å². The Hall–Kier alpha value is -0.690. The van der Waals surface area contributed by atoms with Crippen molar-refractivity contribution in [3.63, 3.8) is 0 Å². The molecule has 0 aliphatic rings. The van der Waals surface area contributed by atoms with E-state index in [9.17, 15) is 4.79 Å². The third-order valence-electron chi connectivity index (χ3n) is 1.55. The van der Waals surface area contributed by atoms with Gasteiger partial charge in [0, 0.05) is 13.5 Å². The molecule has 14 heavy (non-hydrogen) atoms. The van der Waals surface area contributed by atoms with Gasteiger partial charge in [0.05, 0.1) is 13.2 Å². The van der Waals surface area contributed by atoms with E-state index in [0.29, 0.717) is 13.0 Å².